The van der Waals surface area contributed by atoms with Crippen molar-refractivity contribution >= 4 is 23.4 Å². The Morgan fingerprint density at radius 3 is 2.31 bits per heavy atom. The van der Waals surface area contributed by atoms with Gasteiger partial charge in [0.05, 0.1) is 18.4 Å². The molecule has 0 unspecified atom stereocenters. The van der Waals surface area contributed by atoms with Crippen LogP contribution in [0.2, 0.25) is 0 Å². The first-order valence-electron chi connectivity index (χ1n) is 11.6. The van der Waals surface area contributed by atoms with Crippen LogP contribution in [0.4, 0.5) is 5.69 Å². The molecule has 0 radical (unpaired) electrons. The number of amides is 3. The summed E-state index contributed by atoms with van der Waals surface area (Å²) in [5.74, 6) is -0.331. The van der Waals surface area contributed by atoms with Gasteiger partial charge in [-0.2, -0.15) is 0 Å². The fraction of sp³-hybridized carbons (Fsp3) is 0.250. The van der Waals surface area contributed by atoms with Gasteiger partial charge in [0.2, 0.25) is 0 Å². The minimum absolute atomic E-state index is 0.00151. The number of aryl methyl sites for hydroxylation is 1. The third-order valence-corrected chi connectivity index (χ3v) is 5.23. The van der Waals surface area contributed by atoms with Gasteiger partial charge in [-0.25, -0.2) is 0 Å². The van der Waals surface area contributed by atoms with E-state index in [4.69, 9.17) is 9.47 Å². The summed E-state index contributed by atoms with van der Waals surface area (Å²) in [5.41, 5.74) is 3.16. The molecule has 0 aromatic heterocycles. The Morgan fingerprint density at radius 1 is 0.889 bits per heavy atom. The number of nitrogens with one attached hydrogen (secondary N) is 3. The lowest BCUT2D eigenvalue weighted by atomic mass is 10.1. The van der Waals surface area contributed by atoms with Gasteiger partial charge in [0.25, 0.3) is 17.7 Å². The van der Waals surface area contributed by atoms with Crippen molar-refractivity contribution in [2.24, 2.45) is 0 Å². The molecule has 0 saturated heterocycles. The van der Waals surface area contributed by atoms with Crippen molar-refractivity contribution in [2.75, 3.05) is 19.0 Å². The molecular formula is C28H31N3O5. The Balaban J connectivity index is 1.68. The van der Waals surface area contributed by atoms with Crippen LogP contribution in [0.3, 0.4) is 0 Å². The van der Waals surface area contributed by atoms with E-state index in [9.17, 15) is 14.4 Å². The second-order valence-electron chi connectivity index (χ2n) is 8.54. The largest absolute Gasteiger partial charge is 0.493 e. The molecule has 188 valence electrons. The van der Waals surface area contributed by atoms with Gasteiger partial charge >= 0.3 is 0 Å². The normalized spacial score (nSPS) is 10.5. The smallest absolute Gasteiger partial charge is 0.258 e. The van der Waals surface area contributed by atoms with Crippen molar-refractivity contribution in [3.05, 3.63) is 89.0 Å². The summed E-state index contributed by atoms with van der Waals surface area (Å²) in [4.78, 5) is 37.7. The zero-order valence-corrected chi connectivity index (χ0v) is 20.9. The third-order valence-electron chi connectivity index (χ3n) is 5.23. The molecular weight excluding hydrogens is 458 g/mol. The summed E-state index contributed by atoms with van der Waals surface area (Å²) < 4.78 is 10.9. The summed E-state index contributed by atoms with van der Waals surface area (Å²) in [7, 11) is 1.45. The topological polar surface area (TPSA) is 106 Å². The number of rotatable bonds is 10. The maximum Gasteiger partial charge on any atom is 0.258 e. The number of carbonyl (C=O) groups excluding carboxylic acids is 3. The molecule has 0 aliphatic heterocycles. The van der Waals surface area contributed by atoms with Crippen molar-refractivity contribution in [1.29, 1.82) is 0 Å². The minimum atomic E-state index is -0.420. The van der Waals surface area contributed by atoms with E-state index in [2.05, 4.69) is 16.0 Å². The van der Waals surface area contributed by atoms with Crippen LogP contribution in [0.1, 0.15) is 45.7 Å². The summed E-state index contributed by atoms with van der Waals surface area (Å²) in [5, 5.41) is 8.43. The van der Waals surface area contributed by atoms with Crippen LogP contribution in [-0.2, 0) is 11.3 Å². The first-order chi connectivity index (χ1) is 17.3. The quantitative estimate of drug-likeness (QED) is 0.398. The first-order valence-corrected chi connectivity index (χ1v) is 11.6. The van der Waals surface area contributed by atoms with Gasteiger partial charge in [-0.3, -0.25) is 14.4 Å². The van der Waals surface area contributed by atoms with Crippen molar-refractivity contribution < 1.29 is 23.9 Å². The highest BCUT2D eigenvalue weighted by Crippen LogP contribution is 2.28. The highest BCUT2D eigenvalue weighted by Gasteiger charge is 2.16. The lowest BCUT2D eigenvalue weighted by molar-refractivity contribution is -0.123. The Morgan fingerprint density at radius 2 is 1.61 bits per heavy atom. The van der Waals surface area contributed by atoms with Crippen LogP contribution < -0.4 is 25.4 Å². The molecule has 0 aliphatic carbocycles. The highest BCUT2D eigenvalue weighted by atomic mass is 16.5. The van der Waals surface area contributed by atoms with Crippen molar-refractivity contribution in [2.45, 2.75) is 33.4 Å². The molecule has 3 aromatic carbocycles. The van der Waals surface area contributed by atoms with E-state index >= 15 is 0 Å². The molecule has 0 spiro atoms. The second kappa shape index (κ2) is 12.4. The van der Waals surface area contributed by atoms with Gasteiger partial charge in [-0.15, -0.1) is 0 Å². The fourth-order valence-corrected chi connectivity index (χ4v) is 3.40. The van der Waals surface area contributed by atoms with Gasteiger partial charge in [0.1, 0.15) is 0 Å². The molecule has 0 saturated carbocycles. The lowest BCUT2D eigenvalue weighted by Gasteiger charge is -2.14. The minimum Gasteiger partial charge on any atom is -0.493 e. The first kappa shape index (κ1) is 26.3. The molecule has 36 heavy (non-hydrogen) atoms. The standard InChI is InChI=1S/C28H31N3O5/c1-18(2)30-26(32)17-36-24-14-13-21(15-25(24)35-4)27(33)31-23-8-6-5-7-22(23)28(34)29-16-20-11-9-19(3)10-12-20/h5-15,18H,16-17H2,1-4H3,(H,29,34)(H,30,32)(H,31,33). The van der Waals surface area contributed by atoms with E-state index in [0.717, 1.165) is 11.1 Å². The van der Waals surface area contributed by atoms with E-state index in [1.54, 1.807) is 36.4 Å². The van der Waals surface area contributed by atoms with E-state index in [1.807, 2.05) is 45.0 Å². The molecule has 8 nitrogen and oxygen atoms in total. The average molecular weight is 490 g/mol. The number of anilines is 1. The Hall–Kier alpha value is -4.33. The van der Waals surface area contributed by atoms with Crippen molar-refractivity contribution in [3.8, 4) is 11.5 Å². The molecule has 3 N–H and O–H groups in total. The van der Waals surface area contributed by atoms with Crippen LogP contribution in [-0.4, -0.2) is 37.5 Å². The van der Waals surface area contributed by atoms with Gasteiger partial charge in [-0.1, -0.05) is 42.0 Å². The van der Waals surface area contributed by atoms with Crippen LogP contribution >= 0.6 is 0 Å². The Bertz CT molecular complexity index is 1220. The number of para-hydroxylation sites is 1. The number of hydrogen-bond donors (Lipinski definition) is 3. The Labute approximate surface area is 211 Å². The predicted molar refractivity (Wildman–Crippen MR) is 139 cm³/mol. The zero-order chi connectivity index (χ0) is 26.1. The highest BCUT2D eigenvalue weighted by molar-refractivity contribution is 6.09. The van der Waals surface area contributed by atoms with E-state index in [0.29, 0.717) is 34.9 Å². The van der Waals surface area contributed by atoms with Crippen LogP contribution in [0.25, 0.3) is 0 Å². The molecule has 3 amide bonds. The van der Waals surface area contributed by atoms with E-state index in [-0.39, 0.29) is 24.5 Å². The van der Waals surface area contributed by atoms with Crippen molar-refractivity contribution in [1.82, 2.24) is 10.6 Å². The molecule has 0 bridgehead atoms. The second-order valence-corrected chi connectivity index (χ2v) is 8.54. The van der Waals surface area contributed by atoms with Gasteiger partial charge < -0.3 is 25.4 Å². The summed E-state index contributed by atoms with van der Waals surface area (Å²) >= 11 is 0. The fourth-order valence-electron chi connectivity index (χ4n) is 3.40. The molecule has 3 aromatic rings. The SMILES string of the molecule is COc1cc(C(=O)Nc2ccccc2C(=O)NCc2ccc(C)cc2)ccc1OCC(=O)NC(C)C. The number of ether oxygens (including phenoxy) is 2. The molecule has 0 heterocycles. The molecule has 8 heteroatoms. The van der Waals surface area contributed by atoms with Gasteiger partial charge in [-0.05, 0) is 56.7 Å². The lowest BCUT2D eigenvalue weighted by Crippen LogP contribution is -2.34. The van der Waals surface area contributed by atoms with E-state index in [1.165, 1.54) is 13.2 Å². The summed E-state index contributed by atoms with van der Waals surface area (Å²) in [6, 6.07) is 19.3. The molecule has 3 rings (SSSR count). The molecule has 0 fully saturated rings. The van der Waals surface area contributed by atoms with Gasteiger partial charge in [0, 0.05) is 18.2 Å². The Kier molecular flexibility index (Phi) is 9.05. The number of methoxy groups -OCH3 is 1. The number of hydrogen-bond acceptors (Lipinski definition) is 5. The maximum absolute atomic E-state index is 13.0. The summed E-state index contributed by atoms with van der Waals surface area (Å²) in [6.07, 6.45) is 0. The summed E-state index contributed by atoms with van der Waals surface area (Å²) in [6.45, 7) is 5.92. The van der Waals surface area contributed by atoms with E-state index < -0.39 is 5.91 Å². The molecule has 0 aliphatic rings. The van der Waals surface area contributed by atoms with Crippen LogP contribution in [0.15, 0.2) is 66.7 Å². The monoisotopic (exact) mass is 489 g/mol. The maximum atomic E-state index is 13.0. The molecule has 0 atom stereocenters. The zero-order valence-electron chi connectivity index (χ0n) is 20.9. The van der Waals surface area contributed by atoms with Crippen LogP contribution in [0.5, 0.6) is 11.5 Å². The number of carbonyl (C=O) groups is 3. The van der Waals surface area contributed by atoms with Crippen LogP contribution in [0, 0.1) is 6.92 Å². The van der Waals surface area contributed by atoms with Crippen molar-refractivity contribution in [3.63, 3.8) is 0 Å². The third kappa shape index (κ3) is 7.33. The number of benzene rings is 3. The predicted octanol–water partition coefficient (Wildman–Crippen LogP) is 4.09. The average Bonchev–Trinajstić information content (AvgIpc) is 2.86. The van der Waals surface area contributed by atoms with Gasteiger partial charge in [0.15, 0.2) is 18.1 Å².